The van der Waals surface area contributed by atoms with Crippen molar-refractivity contribution in [3.63, 3.8) is 0 Å². The third-order valence-electron chi connectivity index (χ3n) is 4.10. The number of hydrogen-bond donors (Lipinski definition) is 0. The predicted molar refractivity (Wildman–Crippen MR) is 91.6 cm³/mol. The summed E-state index contributed by atoms with van der Waals surface area (Å²) in [4.78, 5) is 22.2. The Bertz CT molecular complexity index is 980. The zero-order chi connectivity index (χ0) is 15.8. The van der Waals surface area contributed by atoms with E-state index in [0.717, 1.165) is 40.1 Å². The van der Waals surface area contributed by atoms with Crippen LogP contribution >= 0.6 is 0 Å². The highest BCUT2D eigenvalue weighted by atomic mass is 16.1. The Morgan fingerprint density at radius 3 is 1.65 bits per heavy atom. The molecule has 3 heteroatoms. The monoisotopic (exact) mass is 299 g/mol. The van der Waals surface area contributed by atoms with E-state index in [4.69, 9.17) is 0 Å². The van der Waals surface area contributed by atoms with Crippen molar-refractivity contribution >= 4 is 34.4 Å². The quantitative estimate of drug-likeness (QED) is 0.526. The largest absolute Gasteiger partial charge is 0.309 e. The van der Waals surface area contributed by atoms with E-state index < -0.39 is 0 Å². The summed E-state index contributed by atoms with van der Waals surface area (Å²) in [5.74, 6) is 0. The number of benzene rings is 3. The number of carbonyl (C=O) groups excluding carboxylic acids is 2. The molecule has 0 fully saturated rings. The predicted octanol–water partition coefficient (Wildman–Crippen LogP) is 4.41. The van der Waals surface area contributed by atoms with E-state index in [1.54, 1.807) is 0 Å². The normalized spacial score (nSPS) is 11.0. The first-order valence-electron chi connectivity index (χ1n) is 7.36. The number of nitrogens with zero attached hydrogens (tertiary/aromatic N) is 1. The van der Waals surface area contributed by atoms with Crippen molar-refractivity contribution in [2.24, 2.45) is 0 Å². The lowest BCUT2D eigenvalue weighted by Crippen LogP contribution is -1.93. The first-order valence-corrected chi connectivity index (χ1v) is 7.36. The third kappa shape index (κ3) is 2.06. The van der Waals surface area contributed by atoms with E-state index in [9.17, 15) is 9.59 Å². The molecule has 0 radical (unpaired) electrons. The van der Waals surface area contributed by atoms with Gasteiger partial charge in [0, 0.05) is 27.6 Å². The van der Waals surface area contributed by atoms with Gasteiger partial charge in [-0.1, -0.05) is 18.2 Å². The number of rotatable bonds is 3. The van der Waals surface area contributed by atoms with Crippen molar-refractivity contribution < 1.29 is 9.59 Å². The molecule has 0 aliphatic heterocycles. The van der Waals surface area contributed by atoms with Crippen LogP contribution in [0, 0.1) is 0 Å². The van der Waals surface area contributed by atoms with E-state index in [2.05, 4.69) is 4.57 Å². The summed E-state index contributed by atoms with van der Waals surface area (Å²) in [5.41, 5.74) is 4.33. The van der Waals surface area contributed by atoms with Gasteiger partial charge in [0.2, 0.25) is 0 Å². The summed E-state index contributed by atoms with van der Waals surface area (Å²) < 4.78 is 2.15. The van der Waals surface area contributed by atoms with Gasteiger partial charge in [-0.3, -0.25) is 9.59 Å². The average Bonchev–Trinajstić information content (AvgIpc) is 2.95. The summed E-state index contributed by atoms with van der Waals surface area (Å²) in [6, 6.07) is 21.3. The number of aldehydes is 2. The maximum absolute atomic E-state index is 11.1. The van der Waals surface area contributed by atoms with Gasteiger partial charge in [-0.25, -0.2) is 0 Å². The van der Waals surface area contributed by atoms with E-state index in [1.165, 1.54) is 0 Å². The van der Waals surface area contributed by atoms with Crippen molar-refractivity contribution in [1.82, 2.24) is 4.57 Å². The summed E-state index contributed by atoms with van der Waals surface area (Å²) in [7, 11) is 0. The first kappa shape index (κ1) is 13.5. The second-order valence-electron chi connectivity index (χ2n) is 5.46. The molecule has 0 saturated carbocycles. The number of hydrogen-bond acceptors (Lipinski definition) is 2. The molecule has 0 N–H and O–H groups in total. The molecule has 3 nitrogen and oxygen atoms in total. The minimum atomic E-state index is 0.626. The average molecular weight is 299 g/mol. The lowest BCUT2D eigenvalue weighted by Gasteiger charge is -2.07. The van der Waals surface area contributed by atoms with Crippen LogP contribution in [0.2, 0.25) is 0 Å². The molecular formula is C20H13NO2. The maximum Gasteiger partial charge on any atom is 0.150 e. The Hall–Kier alpha value is -3.20. The zero-order valence-corrected chi connectivity index (χ0v) is 12.3. The lowest BCUT2D eigenvalue weighted by molar-refractivity contribution is 0.111. The summed E-state index contributed by atoms with van der Waals surface area (Å²) in [6.07, 6.45) is 1.68. The van der Waals surface area contributed by atoms with Crippen LogP contribution in [0.1, 0.15) is 20.7 Å². The number of aromatic nitrogens is 1. The van der Waals surface area contributed by atoms with Gasteiger partial charge in [0.1, 0.15) is 12.6 Å². The van der Waals surface area contributed by atoms with Gasteiger partial charge < -0.3 is 4.57 Å². The van der Waals surface area contributed by atoms with Crippen LogP contribution in [0.5, 0.6) is 0 Å². The molecule has 3 aromatic carbocycles. The highest BCUT2D eigenvalue weighted by molar-refractivity contribution is 6.11. The Balaban J connectivity index is 2.19. The molecular weight excluding hydrogens is 286 g/mol. The summed E-state index contributed by atoms with van der Waals surface area (Å²) >= 11 is 0. The Morgan fingerprint density at radius 1 is 0.652 bits per heavy atom. The van der Waals surface area contributed by atoms with Crippen LogP contribution in [-0.2, 0) is 0 Å². The second kappa shape index (κ2) is 5.21. The summed E-state index contributed by atoms with van der Waals surface area (Å²) in [6.45, 7) is 0. The fraction of sp³-hybridized carbons (Fsp3) is 0. The van der Waals surface area contributed by atoms with Crippen LogP contribution in [0.15, 0.2) is 66.7 Å². The van der Waals surface area contributed by atoms with Gasteiger partial charge in [0.25, 0.3) is 0 Å². The van der Waals surface area contributed by atoms with Crippen molar-refractivity contribution in [3.05, 3.63) is 77.9 Å². The molecule has 0 spiro atoms. The molecule has 0 aliphatic carbocycles. The smallest absolute Gasteiger partial charge is 0.150 e. The van der Waals surface area contributed by atoms with Gasteiger partial charge in [-0.2, -0.15) is 0 Å². The van der Waals surface area contributed by atoms with Crippen LogP contribution in [0.4, 0.5) is 0 Å². The van der Waals surface area contributed by atoms with Crippen LogP contribution in [0.25, 0.3) is 27.5 Å². The molecule has 0 amide bonds. The lowest BCUT2D eigenvalue weighted by atomic mass is 10.1. The number of fused-ring (bicyclic) bond motifs is 3. The van der Waals surface area contributed by atoms with E-state index in [0.29, 0.717) is 11.1 Å². The van der Waals surface area contributed by atoms with E-state index in [-0.39, 0.29) is 0 Å². The van der Waals surface area contributed by atoms with Crippen molar-refractivity contribution in [2.45, 2.75) is 0 Å². The van der Waals surface area contributed by atoms with Crippen molar-refractivity contribution in [2.75, 3.05) is 0 Å². The molecule has 1 aromatic heterocycles. The molecule has 0 aliphatic rings. The molecule has 0 unspecified atom stereocenters. The zero-order valence-electron chi connectivity index (χ0n) is 12.3. The van der Waals surface area contributed by atoms with Crippen molar-refractivity contribution in [1.29, 1.82) is 0 Å². The van der Waals surface area contributed by atoms with Gasteiger partial charge in [-0.05, 0) is 48.5 Å². The maximum atomic E-state index is 11.1. The number of carbonyl (C=O) groups is 2. The number of para-hydroxylation sites is 1. The Morgan fingerprint density at radius 2 is 1.17 bits per heavy atom. The van der Waals surface area contributed by atoms with Crippen molar-refractivity contribution in [3.8, 4) is 5.69 Å². The highest BCUT2D eigenvalue weighted by Gasteiger charge is 2.13. The van der Waals surface area contributed by atoms with E-state index >= 15 is 0 Å². The molecule has 0 saturated heterocycles. The second-order valence-corrected chi connectivity index (χ2v) is 5.46. The molecule has 4 rings (SSSR count). The minimum Gasteiger partial charge on any atom is -0.309 e. The Kier molecular flexibility index (Phi) is 3.05. The van der Waals surface area contributed by atoms with E-state index in [1.807, 2.05) is 66.7 Å². The first-order chi connectivity index (χ1) is 11.3. The molecule has 4 aromatic rings. The summed E-state index contributed by atoms with van der Waals surface area (Å²) in [5, 5.41) is 1.94. The van der Waals surface area contributed by atoms with Gasteiger partial charge in [-0.15, -0.1) is 0 Å². The molecule has 110 valence electrons. The topological polar surface area (TPSA) is 39.1 Å². The molecule has 0 bridgehead atoms. The fourth-order valence-corrected chi connectivity index (χ4v) is 3.06. The van der Waals surface area contributed by atoms with Gasteiger partial charge in [0.05, 0.1) is 11.0 Å². The highest BCUT2D eigenvalue weighted by Crippen LogP contribution is 2.32. The van der Waals surface area contributed by atoms with Gasteiger partial charge in [0.15, 0.2) is 0 Å². The molecule has 23 heavy (non-hydrogen) atoms. The van der Waals surface area contributed by atoms with Crippen LogP contribution in [-0.4, -0.2) is 17.1 Å². The third-order valence-corrected chi connectivity index (χ3v) is 4.10. The SMILES string of the molecule is O=Cc1ccc2c(c1)c1cc(C=O)ccc1n2-c1ccccc1. The minimum absolute atomic E-state index is 0.626. The van der Waals surface area contributed by atoms with Gasteiger partial charge >= 0.3 is 0 Å². The van der Waals surface area contributed by atoms with Crippen LogP contribution in [0.3, 0.4) is 0 Å². The molecule has 0 atom stereocenters. The Labute approximate surface area is 132 Å². The molecule has 1 heterocycles. The van der Waals surface area contributed by atoms with Crippen LogP contribution < -0.4 is 0 Å². The fourth-order valence-electron chi connectivity index (χ4n) is 3.06. The standard InChI is InChI=1S/C20H13NO2/c22-12-14-6-8-19-17(10-14)18-11-15(13-23)7-9-20(18)21(19)16-4-2-1-3-5-16/h1-13H.